The summed E-state index contributed by atoms with van der Waals surface area (Å²) < 4.78 is 4.87. The van der Waals surface area contributed by atoms with Crippen LogP contribution in [0, 0.1) is 11.3 Å². The molecule has 94 valence electrons. The molecule has 1 amide bonds. The molecule has 0 aliphatic heterocycles. The standard InChI is InChI=1S/C13H14N2O3/c1-3-12(16)18-9(2)13(17)15-11-6-4-5-10(7-11)8-14/h4-7,9H,3H2,1-2H3,(H,15,17)/t9-/m0/s1. The van der Waals surface area contributed by atoms with Crippen molar-refractivity contribution in [3.63, 3.8) is 0 Å². The Morgan fingerprint density at radius 3 is 2.83 bits per heavy atom. The molecule has 0 saturated heterocycles. The molecule has 5 nitrogen and oxygen atoms in total. The molecule has 1 N–H and O–H groups in total. The molecule has 0 aromatic heterocycles. The van der Waals surface area contributed by atoms with Gasteiger partial charge in [-0.15, -0.1) is 0 Å². The zero-order valence-corrected chi connectivity index (χ0v) is 10.3. The van der Waals surface area contributed by atoms with Crippen molar-refractivity contribution in [3.8, 4) is 6.07 Å². The van der Waals surface area contributed by atoms with Gasteiger partial charge in [0.05, 0.1) is 11.6 Å². The van der Waals surface area contributed by atoms with E-state index in [4.69, 9.17) is 10.00 Å². The van der Waals surface area contributed by atoms with Crippen molar-refractivity contribution >= 4 is 17.6 Å². The first kappa shape index (κ1) is 13.7. The predicted molar refractivity (Wildman–Crippen MR) is 65.6 cm³/mol. The quantitative estimate of drug-likeness (QED) is 0.822. The molecule has 0 saturated carbocycles. The smallest absolute Gasteiger partial charge is 0.306 e. The summed E-state index contributed by atoms with van der Waals surface area (Å²) in [5.41, 5.74) is 0.949. The molecule has 0 bridgehead atoms. The number of anilines is 1. The second-order valence-corrected chi connectivity index (χ2v) is 3.67. The minimum Gasteiger partial charge on any atom is -0.453 e. The lowest BCUT2D eigenvalue weighted by molar-refractivity contribution is -0.152. The fraction of sp³-hybridized carbons (Fsp3) is 0.308. The van der Waals surface area contributed by atoms with Crippen molar-refractivity contribution in [2.24, 2.45) is 0 Å². The molecular weight excluding hydrogens is 232 g/mol. The number of hydrogen-bond donors (Lipinski definition) is 1. The molecule has 1 aromatic rings. The van der Waals surface area contributed by atoms with Crippen LogP contribution in [0.25, 0.3) is 0 Å². The average molecular weight is 246 g/mol. The highest BCUT2D eigenvalue weighted by atomic mass is 16.5. The molecule has 0 spiro atoms. The maximum absolute atomic E-state index is 11.7. The normalized spacial score (nSPS) is 11.2. The summed E-state index contributed by atoms with van der Waals surface area (Å²) in [6.07, 6.45) is -0.634. The third-order valence-electron chi connectivity index (χ3n) is 2.23. The Hall–Kier alpha value is -2.35. The van der Waals surface area contributed by atoms with Gasteiger partial charge < -0.3 is 10.1 Å². The molecule has 5 heteroatoms. The van der Waals surface area contributed by atoms with Crippen LogP contribution in [-0.4, -0.2) is 18.0 Å². The molecule has 1 rings (SSSR count). The maximum atomic E-state index is 11.7. The van der Waals surface area contributed by atoms with Crippen LogP contribution in [0.2, 0.25) is 0 Å². The Balaban J connectivity index is 2.64. The summed E-state index contributed by atoms with van der Waals surface area (Å²) in [5, 5.41) is 11.3. The number of benzene rings is 1. The van der Waals surface area contributed by atoms with Crippen molar-refractivity contribution < 1.29 is 14.3 Å². The molecule has 1 atom stereocenters. The van der Waals surface area contributed by atoms with Gasteiger partial charge in [-0.05, 0) is 25.1 Å². The molecule has 0 heterocycles. The molecule has 0 fully saturated rings. The van der Waals surface area contributed by atoms with Gasteiger partial charge in [0.2, 0.25) is 0 Å². The number of hydrogen-bond acceptors (Lipinski definition) is 4. The molecular formula is C13H14N2O3. The first-order valence-electron chi connectivity index (χ1n) is 5.57. The van der Waals surface area contributed by atoms with Gasteiger partial charge in [0.25, 0.3) is 5.91 Å². The summed E-state index contributed by atoms with van der Waals surface area (Å²) in [7, 11) is 0. The van der Waals surface area contributed by atoms with Crippen LogP contribution in [0.1, 0.15) is 25.8 Å². The van der Waals surface area contributed by atoms with E-state index in [9.17, 15) is 9.59 Å². The topological polar surface area (TPSA) is 79.2 Å². The number of carbonyl (C=O) groups excluding carboxylic acids is 2. The summed E-state index contributed by atoms with van der Waals surface area (Å²) in [6, 6.07) is 8.48. The number of rotatable bonds is 4. The van der Waals surface area contributed by atoms with E-state index in [1.165, 1.54) is 6.92 Å². The monoisotopic (exact) mass is 246 g/mol. The lowest BCUT2D eigenvalue weighted by Crippen LogP contribution is -2.29. The average Bonchev–Trinajstić information content (AvgIpc) is 2.38. The van der Waals surface area contributed by atoms with Crippen molar-refractivity contribution in [2.75, 3.05) is 5.32 Å². The number of nitriles is 1. The highest BCUT2D eigenvalue weighted by Gasteiger charge is 2.16. The molecule has 0 radical (unpaired) electrons. The molecule has 1 aromatic carbocycles. The van der Waals surface area contributed by atoms with Gasteiger partial charge in [0.1, 0.15) is 0 Å². The van der Waals surface area contributed by atoms with Crippen LogP contribution in [0.15, 0.2) is 24.3 Å². The molecule has 0 unspecified atom stereocenters. The van der Waals surface area contributed by atoms with Gasteiger partial charge >= 0.3 is 5.97 Å². The van der Waals surface area contributed by atoms with Crippen molar-refractivity contribution in [1.82, 2.24) is 0 Å². The van der Waals surface area contributed by atoms with E-state index >= 15 is 0 Å². The van der Waals surface area contributed by atoms with Gasteiger partial charge in [0, 0.05) is 12.1 Å². The minimum atomic E-state index is -0.858. The Morgan fingerprint density at radius 1 is 1.50 bits per heavy atom. The third kappa shape index (κ3) is 3.91. The van der Waals surface area contributed by atoms with Crippen LogP contribution < -0.4 is 5.32 Å². The third-order valence-corrected chi connectivity index (χ3v) is 2.23. The van der Waals surface area contributed by atoms with Gasteiger partial charge in [-0.2, -0.15) is 5.26 Å². The van der Waals surface area contributed by atoms with E-state index in [0.29, 0.717) is 11.3 Å². The predicted octanol–water partition coefficient (Wildman–Crippen LogP) is 1.84. The lowest BCUT2D eigenvalue weighted by Gasteiger charge is -2.12. The van der Waals surface area contributed by atoms with E-state index < -0.39 is 18.0 Å². The van der Waals surface area contributed by atoms with Crippen molar-refractivity contribution in [2.45, 2.75) is 26.4 Å². The number of esters is 1. The summed E-state index contributed by atoms with van der Waals surface area (Å²) in [5.74, 6) is -0.852. The number of nitrogens with one attached hydrogen (secondary N) is 1. The second kappa shape index (κ2) is 6.40. The zero-order chi connectivity index (χ0) is 13.5. The van der Waals surface area contributed by atoms with Gasteiger partial charge in [-0.25, -0.2) is 0 Å². The summed E-state index contributed by atoms with van der Waals surface area (Å²) in [6.45, 7) is 3.15. The minimum absolute atomic E-state index is 0.224. The van der Waals surface area contributed by atoms with E-state index in [1.807, 2.05) is 6.07 Å². The number of nitrogens with zero attached hydrogens (tertiary/aromatic N) is 1. The van der Waals surface area contributed by atoms with E-state index in [-0.39, 0.29) is 6.42 Å². The first-order valence-corrected chi connectivity index (χ1v) is 5.57. The van der Waals surface area contributed by atoms with Crippen LogP contribution in [0.3, 0.4) is 0 Å². The Morgan fingerprint density at radius 2 is 2.22 bits per heavy atom. The molecule has 0 aliphatic rings. The van der Waals surface area contributed by atoms with Crippen LogP contribution in [0.4, 0.5) is 5.69 Å². The van der Waals surface area contributed by atoms with Gasteiger partial charge in [0.15, 0.2) is 6.10 Å². The fourth-order valence-electron chi connectivity index (χ4n) is 1.24. The van der Waals surface area contributed by atoms with E-state index in [2.05, 4.69) is 5.32 Å². The zero-order valence-electron chi connectivity index (χ0n) is 10.3. The SMILES string of the molecule is CCC(=O)O[C@@H](C)C(=O)Nc1cccc(C#N)c1. The van der Waals surface area contributed by atoms with Crippen molar-refractivity contribution in [1.29, 1.82) is 5.26 Å². The van der Waals surface area contributed by atoms with Crippen LogP contribution >= 0.6 is 0 Å². The number of carbonyl (C=O) groups is 2. The first-order chi connectivity index (χ1) is 8.56. The maximum Gasteiger partial charge on any atom is 0.306 e. The Bertz CT molecular complexity index is 491. The number of amides is 1. The molecule has 18 heavy (non-hydrogen) atoms. The van der Waals surface area contributed by atoms with Crippen molar-refractivity contribution in [3.05, 3.63) is 29.8 Å². The highest BCUT2D eigenvalue weighted by Crippen LogP contribution is 2.10. The number of ether oxygens (including phenoxy) is 1. The lowest BCUT2D eigenvalue weighted by atomic mass is 10.2. The molecule has 0 aliphatic carbocycles. The van der Waals surface area contributed by atoms with E-state index in [1.54, 1.807) is 31.2 Å². The Kier molecular flexibility index (Phi) is 4.88. The summed E-state index contributed by atoms with van der Waals surface area (Å²) in [4.78, 5) is 22.7. The van der Waals surface area contributed by atoms with Gasteiger partial charge in [-0.1, -0.05) is 13.0 Å². The van der Waals surface area contributed by atoms with E-state index in [0.717, 1.165) is 0 Å². The summed E-state index contributed by atoms with van der Waals surface area (Å²) >= 11 is 0. The fourth-order valence-corrected chi connectivity index (χ4v) is 1.24. The highest BCUT2D eigenvalue weighted by molar-refractivity contribution is 5.95. The van der Waals surface area contributed by atoms with Gasteiger partial charge in [-0.3, -0.25) is 9.59 Å². The van der Waals surface area contributed by atoms with Crippen LogP contribution in [-0.2, 0) is 14.3 Å². The second-order valence-electron chi connectivity index (χ2n) is 3.67. The Labute approximate surface area is 105 Å². The largest absolute Gasteiger partial charge is 0.453 e. The van der Waals surface area contributed by atoms with Crippen LogP contribution in [0.5, 0.6) is 0 Å².